The molecule has 15 heavy (non-hydrogen) atoms. The fraction of sp³-hybridized carbons (Fsp3) is 0.556. The van der Waals surface area contributed by atoms with E-state index in [1.165, 1.54) is 13.8 Å². The van der Waals surface area contributed by atoms with Crippen LogP contribution in [0, 0.1) is 0 Å². The van der Waals surface area contributed by atoms with Gasteiger partial charge in [-0.15, -0.1) is 5.48 Å². The Balaban J connectivity index is 4.06. The Bertz CT molecular complexity index is 266. The summed E-state index contributed by atoms with van der Waals surface area (Å²) in [5, 5.41) is 9.38. The van der Waals surface area contributed by atoms with Gasteiger partial charge in [-0.1, -0.05) is 6.58 Å². The van der Waals surface area contributed by atoms with E-state index >= 15 is 0 Å². The number of rotatable bonds is 3. The second-order valence-electron chi connectivity index (χ2n) is 3.25. The average molecular weight is 217 g/mol. The summed E-state index contributed by atoms with van der Waals surface area (Å²) in [5.41, 5.74) is 0.191. The highest BCUT2D eigenvalue weighted by Crippen LogP contribution is 2.13. The molecular weight excluding hydrogens is 202 g/mol. The van der Waals surface area contributed by atoms with E-state index in [0.29, 0.717) is 0 Å². The number of carbonyl (C=O) groups is 2. The van der Waals surface area contributed by atoms with Crippen molar-refractivity contribution in [2.24, 2.45) is 0 Å². The molecule has 0 spiro atoms. The molecule has 0 aliphatic rings. The van der Waals surface area contributed by atoms with Gasteiger partial charge < -0.3 is 14.7 Å². The topological polar surface area (TPSA) is 84.9 Å². The maximum absolute atomic E-state index is 11.1. The van der Waals surface area contributed by atoms with Crippen LogP contribution in [-0.4, -0.2) is 29.4 Å². The molecule has 0 saturated carbocycles. The maximum atomic E-state index is 11.1. The van der Waals surface area contributed by atoms with E-state index in [2.05, 4.69) is 16.2 Å². The van der Waals surface area contributed by atoms with Crippen molar-refractivity contribution in [2.75, 3.05) is 6.61 Å². The molecule has 0 aromatic heterocycles. The monoisotopic (exact) mass is 217 g/mol. The van der Waals surface area contributed by atoms with Crippen LogP contribution in [0.4, 0.5) is 4.79 Å². The summed E-state index contributed by atoms with van der Waals surface area (Å²) in [4.78, 5) is 26.2. The van der Waals surface area contributed by atoms with Crippen LogP contribution >= 0.6 is 0 Å². The Hall–Kier alpha value is -1.56. The zero-order chi connectivity index (χ0) is 12.1. The zero-order valence-corrected chi connectivity index (χ0v) is 8.99. The number of carbonyl (C=O) groups excluding carboxylic acids is 2. The summed E-state index contributed by atoms with van der Waals surface area (Å²) in [7, 11) is 0. The predicted octanol–water partition coefficient (Wildman–Crippen LogP) is 0.518. The van der Waals surface area contributed by atoms with E-state index in [0.717, 1.165) is 0 Å². The first-order valence-corrected chi connectivity index (χ1v) is 4.34. The molecule has 0 radical (unpaired) electrons. The minimum Gasteiger partial charge on any atom is -0.448 e. The zero-order valence-electron chi connectivity index (χ0n) is 8.99. The molecule has 1 amide bonds. The van der Waals surface area contributed by atoms with Crippen LogP contribution in [-0.2, 0) is 14.4 Å². The molecule has 0 atom stereocenters. The van der Waals surface area contributed by atoms with Crippen LogP contribution in [0.3, 0.4) is 0 Å². The molecule has 0 saturated heterocycles. The third-order valence-corrected chi connectivity index (χ3v) is 1.49. The fourth-order valence-electron chi connectivity index (χ4n) is 0.560. The van der Waals surface area contributed by atoms with Gasteiger partial charge in [0, 0.05) is 0 Å². The van der Waals surface area contributed by atoms with Crippen LogP contribution in [0.1, 0.15) is 20.8 Å². The van der Waals surface area contributed by atoms with E-state index in [4.69, 9.17) is 0 Å². The third kappa shape index (κ3) is 5.02. The third-order valence-electron chi connectivity index (χ3n) is 1.49. The van der Waals surface area contributed by atoms with Crippen molar-refractivity contribution in [2.45, 2.75) is 26.4 Å². The number of nitrogens with one attached hydrogen (secondary N) is 1. The van der Waals surface area contributed by atoms with Gasteiger partial charge in [-0.2, -0.15) is 0 Å². The van der Waals surface area contributed by atoms with Crippen molar-refractivity contribution in [1.29, 1.82) is 0 Å². The van der Waals surface area contributed by atoms with E-state index < -0.39 is 17.7 Å². The number of hydroxylamine groups is 1. The van der Waals surface area contributed by atoms with Gasteiger partial charge in [0.1, 0.15) is 0 Å². The molecule has 0 aromatic carbocycles. The van der Waals surface area contributed by atoms with Gasteiger partial charge >= 0.3 is 12.1 Å². The van der Waals surface area contributed by atoms with Crippen molar-refractivity contribution < 1.29 is 24.3 Å². The van der Waals surface area contributed by atoms with Crippen molar-refractivity contribution in [3.8, 4) is 0 Å². The lowest BCUT2D eigenvalue weighted by atomic mass is 10.0. The minimum absolute atomic E-state index is 0.163. The molecule has 2 N–H and O–H groups in total. The van der Waals surface area contributed by atoms with Crippen molar-refractivity contribution in [3.05, 3.63) is 12.2 Å². The fourth-order valence-corrected chi connectivity index (χ4v) is 0.560. The van der Waals surface area contributed by atoms with Crippen LogP contribution in [0.15, 0.2) is 12.2 Å². The Morgan fingerprint density at radius 2 is 2.00 bits per heavy atom. The molecule has 0 rings (SSSR count). The first kappa shape index (κ1) is 13.4. The molecule has 6 nitrogen and oxygen atoms in total. The van der Waals surface area contributed by atoms with Crippen LogP contribution in [0.5, 0.6) is 0 Å². The summed E-state index contributed by atoms with van der Waals surface area (Å²) < 4.78 is 4.44. The van der Waals surface area contributed by atoms with E-state index in [9.17, 15) is 14.7 Å². The van der Waals surface area contributed by atoms with E-state index in [1.54, 1.807) is 12.4 Å². The first-order chi connectivity index (χ1) is 6.79. The van der Waals surface area contributed by atoms with Crippen molar-refractivity contribution in [1.82, 2.24) is 5.48 Å². The van der Waals surface area contributed by atoms with Gasteiger partial charge in [0.25, 0.3) is 0 Å². The SMILES string of the molecule is C=C(C(=O)ONC(=O)OCC)C(C)(C)O. The summed E-state index contributed by atoms with van der Waals surface area (Å²) >= 11 is 0. The van der Waals surface area contributed by atoms with Crippen LogP contribution in [0.25, 0.3) is 0 Å². The van der Waals surface area contributed by atoms with Crippen LogP contribution < -0.4 is 5.48 Å². The molecule has 6 heteroatoms. The largest absolute Gasteiger partial charge is 0.448 e. The number of aliphatic hydroxyl groups is 1. The van der Waals surface area contributed by atoms with Gasteiger partial charge in [0.05, 0.1) is 17.8 Å². The number of ether oxygens (including phenoxy) is 1. The minimum atomic E-state index is -1.40. The number of hydrogen-bond donors (Lipinski definition) is 2. The predicted molar refractivity (Wildman–Crippen MR) is 51.7 cm³/mol. The molecule has 0 aromatic rings. The first-order valence-electron chi connectivity index (χ1n) is 4.34. The highest BCUT2D eigenvalue weighted by molar-refractivity contribution is 5.90. The number of hydrogen-bond acceptors (Lipinski definition) is 5. The average Bonchev–Trinajstić information content (AvgIpc) is 2.12. The summed E-state index contributed by atoms with van der Waals surface area (Å²) in [6.07, 6.45) is -0.880. The van der Waals surface area contributed by atoms with E-state index in [-0.39, 0.29) is 12.2 Å². The van der Waals surface area contributed by atoms with Gasteiger partial charge in [-0.25, -0.2) is 9.59 Å². The molecular formula is C9H15NO5. The van der Waals surface area contributed by atoms with Gasteiger partial charge in [-0.3, -0.25) is 0 Å². The molecule has 0 unspecified atom stereocenters. The van der Waals surface area contributed by atoms with Gasteiger partial charge in [0.15, 0.2) is 0 Å². The molecule has 0 heterocycles. The molecule has 0 bridgehead atoms. The summed E-state index contributed by atoms with van der Waals surface area (Å²) in [6.45, 7) is 7.86. The number of amides is 1. The molecule has 86 valence electrons. The highest BCUT2D eigenvalue weighted by atomic mass is 16.7. The highest BCUT2D eigenvalue weighted by Gasteiger charge is 2.25. The molecule has 0 fully saturated rings. The summed E-state index contributed by atoms with van der Waals surface area (Å²) in [6, 6.07) is 0. The Kier molecular flexibility index (Phi) is 4.80. The van der Waals surface area contributed by atoms with Crippen molar-refractivity contribution in [3.63, 3.8) is 0 Å². The van der Waals surface area contributed by atoms with Gasteiger partial charge in [-0.05, 0) is 20.8 Å². The lowest BCUT2D eigenvalue weighted by Crippen LogP contribution is -2.34. The lowest BCUT2D eigenvalue weighted by molar-refractivity contribution is -0.147. The Morgan fingerprint density at radius 3 is 2.40 bits per heavy atom. The summed E-state index contributed by atoms with van der Waals surface area (Å²) in [5.74, 6) is -0.921. The van der Waals surface area contributed by atoms with Gasteiger partial charge in [0.2, 0.25) is 0 Å². The second-order valence-corrected chi connectivity index (χ2v) is 3.25. The Morgan fingerprint density at radius 1 is 1.47 bits per heavy atom. The Labute approximate surface area is 87.8 Å². The van der Waals surface area contributed by atoms with Crippen molar-refractivity contribution >= 4 is 12.1 Å². The van der Waals surface area contributed by atoms with Crippen LogP contribution in [0.2, 0.25) is 0 Å². The standard InChI is InChI=1S/C9H15NO5/c1-5-14-8(12)10-15-7(11)6(2)9(3,4)13/h13H,2,5H2,1,3-4H3,(H,10,12). The maximum Gasteiger partial charge on any atom is 0.440 e. The second kappa shape index (κ2) is 5.35. The molecule has 0 aliphatic heterocycles. The normalized spacial score (nSPS) is 10.4. The smallest absolute Gasteiger partial charge is 0.440 e. The van der Waals surface area contributed by atoms with E-state index in [1.807, 2.05) is 0 Å². The lowest BCUT2D eigenvalue weighted by Gasteiger charge is -2.18. The quantitative estimate of drug-likeness (QED) is 0.531. The molecule has 0 aliphatic carbocycles.